The zero-order valence-electron chi connectivity index (χ0n) is 22.6. The molecule has 1 aliphatic heterocycles. The van der Waals surface area contributed by atoms with Gasteiger partial charge in [-0.15, -0.1) is 0 Å². The van der Waals surface area contributed by atoms with E-state index in [1.807, 2.05) is 31.2 Å². The maximum atomic E-state index is 13.4. The minimum absolute atomic E-state index is 0.0560. The quantitative estimate of drug-likeness (QED) is 0.252. The standard InChI is InChI=1S/C30H29N3O7/c1-18-5-9-21(10-6-18)32-28(35)27(34)31-16-24-14-13-23(40-24)15-25-26(30(37)39-4)19(2)33(29(25)36)17-20-7-11-22(38-3)12-8-20/h5-15H,16-17H2,1-4H3,(H,31,34)(H,32,35)/b25-15+. The third kappa shape index (κ3) is 6.29. The lowest BCUT2D eigenvalue weighted by Crippen LogP contribution is -2.34. The number of methoxy groups -OCH3 is 2. The van der Waals surface area contributed by atoms with Crippen molar-refractivity contribution in [2.75, 3.05) is 19.5 Å². The number of amides is 3. The van der Waals surface area contributed by atoms with Gasteiger partial charge >= 0.3 is 17.8 Å². The Hall–Kier alpha value is -5.12. The smallest absolute Gasteiger partial charge is 0.340 e. The Morgan fingerprint density at radius 1 is 0.925 bits per heavy atom. The van der Waals surface area contributed by atoms with Crippen molar-refractivity contribution in [2.45, 2.75) is 26.9 Å². The molecule has 0 fully saturated rings. The second kappa shape index (κ2) is 12.2. The number of nitrogens with zero attached hydrogens (tertiary/aromatic N) is 1. The van der Waals surface area contributed by atoms with Crippen LogP contribution in [0.5, 0.6) is 5.75 Å². The van der Waals surface area contributed by atoms with E-state index in [9.17, 15) is 19.2 Å². The predicted molar refractivity (Wildman–Crippen MR) is 147 cm³/mol. The lowest BCUT2D eigenvalue weighted by atomic mass is 10.1. The van der Waals surface area contributed by atoms with Gasteiger partial charge in [0.15, 0.2) is 0 Å². The number of esters is 1. The van der Waals surface area contributed by atoms with Gasteiger partial charge in [-0.3, -0.25) is 14.4 Å². The van der Waals surface area contributed by atoms with Crippen molar-refractivity contribution in [1.29, 1.82) is 0 Å². The number of anilines is 1. The van der Waals surface area contributed by atoms with Crippen LogP contribution >= 0.6 is 0 Å². The number of benzene rings is 2. The van der Waals surface area contributed by atoms with Crippen molar-refractivity contribution in [2.24, 2.45) is 0 Å². The van der Waals surface area contributed by atoms with E-state index < -0.39 is 17.8 Å². The first-order valence-corrected chi connectivity index (χ1v) is 12.4. The van der Waals surface area contributed by atoms with Crippen LogP contribution in [-0.4, -0.2) is 42.8 Å². The Kier molecular flexibility index (Phi) is 8.48. The molecule has 0 spiro atoms. The van der Waals surface area contributed by atoms with Gasteiger partial charge < -0.3 is 29.4 Å². The Balaban J connectivity index is 1.45. The zero-order valence-corrected chi connectivity index (χ0v) is 22.6. The SMILES string of the molecule is COC(=O)C1=C(C)N(Cc2ccc(OC)cc2)C(=O)/C1=C/c1ccc(CNC(=O)C(=O)Nc2ccc(C)cc2)o1. The molecule has 0 atom stereocenters. The van der Waals surface area contributed by atoms with Crippen molar-refractivity contribution in [1.82, 2.24) is 10.2 Å². The molecule has 10 heteroatoms. The number of ether oxygens (including phenoxy) is 2. The molecule has 3 aromatic rings. The van der Waals surface area contributed by atoms with Crippen LogP contribution in [0.2, 0.25) is 0 Å². The van der Waals surface area contributed by atoms with Crippen molar-refractivity contribution in [3.05, 3.63) is 100 Å². The topological polar surface area (TPSA) is 127 Å². The van der Waals surface area contributed by atoms with Gasteiger partial charge in [-0.2, -0.15) is 0 Å². The van der Waals surface area contributed by atoms with E-state index in [0.717, 1.165) is 11.1 Å². The number of allylic oxidation sites excluding steroid dienone is 1. The summed E-state index contributed by atoms with van der Waals surface area (Å²) in [6, 6.07) is 17.5. The first-order chi connectivity index (χ1) is 19.2. The molecule has 0 saturated carbocycles. The number of rotatable bonds is 8. The average Bonchev–Trinajstić information content (AvgIpc) is 3.50. The number of hydrogen-bond donors (Lipinski definition) is 2. The van der Waals surface area contributed by atoms with Crippen LogP contribution in [0.15, 0.2) is 81.9 Å². The number of carbonyl (C=O) groups excluding carboxylic acids is 4. The highest BCUT2D eigenvalue weighted by molar-refractivity contribution is 6.39. The van der Waals surface area contributed by atoms with Crippen LogP contribution in [0, 0.1) is 6.92 Å². The summed E-state index contributed by atoms with van der Waals surface area (Å²) in [4.78, 5) is 51.9. The maximum Gasteiger partial charge on any atom is 0.340 e. The van der Waals surface area contributed by atoms with E-state index in [1.165, 1.54) is 18.1 Å². The Morgan fingerprint density at radius 2 is 1.62 bits per heavy atom. The summed E-state index contributed by atoms with van der Waals surface area (Å²) in [5.41, 5.74) is 3.10. The van der Waals surface area contributed by atoms with Crippen LogP contribution in [-0.2, 0) is 37.0 Å². The largest absolute Gasteiger partial charge is 0.497 e. The van der Waals surface area contributed by atoms with Gasteiger partial charge in [0.2, 0.25) is 0 Å². The summed E-state index contributed by atoms with van der Waals surface area (Å²) in [5, 5.41) is 5.03. The Morgan fingerprint density at radius 3 is 2.27 bits per heavy atom. The summed E-state index contributed by atoms with van der Waals surface area (Å²) < 4.78 is 15.9. The van der Waals surface area contributed by atoms with Crippen molar-refractivity contribution in [3.63, 3.8) is 0 Å². The summed E-state index contributed by atoms with van der Waals surface area (Å²) in [5.74, 6) is -1.34. The van der Waals surface area contributed by atoms with Gasteiger partial charge in [0.25, 0.3) is 5.91 Å². The van der Waals surface area contributed by atoms with Crippen LogP contribution in [0.3, 0.4) is 0 Å². The highest BCUT2D eigenvalue weighted by Crippen LogP contribution is 2.33. The van der Waals surface area contributed by atoms with Gasteiger partial charge in [0, 0.05) is 11.4 Å². The van der Waals surface area contributed by atoms with E-state index in [-0.39, 0.29) is 35.9 Å². The van der Waals surface area contributed by atoms with E-state index in [2.05, 4.69) is 10.6 Å². The summed E-state index contributed by atoms with van der Waals surface area (Å²) in [6.45, 7) is 3.78. The molecule has 0 saturated heterocycles. The molecular formula is C30H29N3O7. The normalized spacial score (nSPS) is 13.9. The molecule has 206 valence electrons. The second-order valence-electron chi connectivity index (χ2n) is 9.06. The first kappa shape index (κ1) is 27.9. The Bertz CT molecular complexity index is 1500. The fourth-order valence-corrected chi connectivity index (χ4v) is 4.11. The molecule has 40 heavy (non-hydrogen) atoms. The van der Waals surface area contributed by atoms with Gasteiger partial charge in [0.05, 0.1) is 38.5 Å². The summed E-state index contributed by atoms with van der Waals surface area (Å²) >= 11 is 0. The summed E-state index contributed by atoms with van der Waals surface area (Å²) in [7, 11) is 2.82. The number of hydrogen-bond acceptors (Lipinski definition) is 7. The number of aryl methyl sites for hydroxylation is 1. The lowest BCUT2D eigenvalue weighted by Gasteiger charge is -2.18. The third-order valence-corrected chi connectivity index (χ3v) is 6.31. The number of carbonyl (C=O) groups is 4. The molecule has 0 unspecified atom stereocenters. The van der Waals surface area contributed by atoms with Crippen LogP contribution in [0.1, 0.15) is 29.6 Å². The highest BCUT2D eigenvalue weighted by atomic mass is 16.5. The van der Waals surface area contributed by atoms with E-state index in [0.29, 0.717) is 22.9 Å². The molecule has 4 rings (SSSR count). The average molecular weight is 544 g/mol. The molecular weight excluding hydrogens is 514 g/mol. The number of furan rings is 1. The lowest BCUT2D eigenvalue weighted by molar-refractivity contribution is -0.136. The molecule has 0 aliphatic carbocycles. The van der Waals surface area contributed by atoms with Crippen molar-refractivity contribution < 1.29 is 33.1 Å². The molecule has 1 aromatic heterocycles. The van der Waals surface area contributed by atoms with Crippen LogP contribution < -0.4 is 15.4 Å². The predicted octanol–water partition coefficient (Wildman–Crippen LogP) is 3.72. The molecule has 1 aliphatic rings. The number of nitrogens with one attached hydrogen (secondary N) is 2. The van der Waals surface area contributed by atoms with Gasteiger partial charge in [-0.1, -0.05) is 29.8 Å². The van der Waals surface area contributed by atoms with Gasteiger partial charge in [0.1, 0.15) is 17.3 Å². The molecule has 0 bridgehead atoms. The molecule has 10 nitrogen and oxygen atoms in total. The van der Waals surface area contributed by atoms with E-state index >= 15 is 0 Å². The highest BCUT2D eigenvalue weighted by Gasteiger charge is 2.37. The monoisotopic (exact) mass is 543 g/mol. The zero-order chi connectivity index (χ0) is 28.8. The Labute approximate surface area is 231 Å². The van der Waals surface area contributed by atoms with Gasteiger partial charge in [-0.05, 0) is 61.9 Å². The van der Waals surface area contributed by atoms with Crippen molar-refractivity contribution >= 4 is 35.5 Å². The molecule has 2 aromatic carbocycles. The van der Waals surface area contributed by atoms with E-state index in [4.69, 9.17) is 13.9 Å². The maximum absolute atomic E-state index is 13.4. The molecule has 2 N–H and O–H groups in total. The van der Waals surface area contributed by atoms with Crippen molar-refractivity contribution in [3.8, 4) is 5.75 Å². The van der Waals surface area contributed by atoms with E-state index in [1.54, 1.807) is 50.4 Å². The van der Waals surface area contributed by atoms with Crippen LogP contribution in [0.4, 0.5) is 5.69 Å². The third-order valence-electron chi connectivity index (χ3n) is 6.31. The van der Waals surface area contributed by atoms with Crippen LogP contribution in [0.25, 0.3) is 6.08 Å². The second-order valence-corrected chi connectivity index (χ2v) is 9.06. The fourth-order valence-electron chi connectivity index (χ4n) is 4.11. The first-order valence-electron chi connectivity index (χ1n) is 12.4. The fraction of sp³-hybridized carbons (Fsp3) is 0.200. The van der Waals surface area contributed by atoms with Gasteiger partial charge in [-0.25, -0.2) is 4.79 Å². The summed E-state index contributed by atoms with van der Waals surface area (Å²) in [6.07, 6.45) is 1.46. The molecule has 3 amide bonds. The molecule has 0 radical (unpaired) electrons. The minimum Gasteiger partial charge on any atom is -0.497 e. The minimum atomic E-state index is -0.830. The molecule has 2 heterocycles.